The van der Waals surface area contributed by atoms with E-state index in [4.69, 9.17) is 32.5 Å². The molecule has 0 amide bonds. The van der Waals surface area contributed by atoms with Crippen LogP contribution in [0.1, 0.15) is 38.3 Å². The lowest BCUT2D eigenvalue weighted by atomic mass is 9.95. The van der Waals surface area contributed by atoms with Gasteiger partial charge in [-0.3, -0.25) is 0 Å². The topological polar surface area (TPSA) is 114 Å². The van der Waals surface area contributed by atoms with Crippen LogP contribution < -0.4 is 11.5 Å². The Morgan fingerprint density at radius 1 is 1.09 bits per heavy atom. The van der Waals surface area contributed by atoms with Crippen molar-refractivity contribution in [3.63, 3.8) is 0 Å². The summed E-state index contributed by atoms with van der Waals surface area (Å²) in [7, 11) is 0. The lowest BCUT2D eigenvalue weighted by molar-refractivity contribution is -0.160. The monoisotopic (exact) mass is 478 g/mol. The molecule has 1 saturated heterocycles. The van der Waals surface area contributed by atoms with Crippen LogP contribution in [-0.4, -0.2) is 37.5 Å². The molecular weight excluding hydrogens is 452 g/mol. The highest BCUT2D eigenvalue weighted by Gasteiger charge is 2.54. The van der Waals surface area contributed by atoms with Crippen LogP contribution in [0.4, 0.5) is 11.8 Å². The van der Waals surface area contributed by atoms with E-state index in [-0.39, 0.29) is 24.2 Å². The second kappa shape index (κ2) is 7.80. The Hall–Kier alpha value is -2.94. The average molecular weight is 479 g/mol. The number of aryl methyl sites for hydroxylation is 1. The Morgan fingerprint density at radius 3 is 2.76 bits per heavy atom. The van der Waals surface area contributed by atoms with Gasteiger partial charge < -0.3 is 25.5 Å². The van der Waals surface area contributed by atoms with Gasteiger partial charge in [-0.2, -0.15) is 4.98 Å². The van der Waals surface area contributed by atoms with Crippen LogP contribution in [0.3, 0.4) is 0 Å². The molecule has 4 atom stereocenters. The predicted octanol–water partition coefficient (Wildman–Crippen LogP) is 4.51. The molecule has 34 heavy (non-hydrogen) atoms. The van der Waals surface area contributed by atoms with Crippen LogP contribution >= 0.6 is 11.6 Å². The largest absolute Gasteiger partial charge is 0.382 e. The number of aromatic nitrogens is 4. The van der Waals surface area contributed by atoms with Crippen LogP contribution in [-0.2, 0) is 15.9 Å². The Labute approximate surface area is 202 Å². The summed E-state index contributed by atoms with van der Waals surface area (Å²) in [5.74, 6) is 0.351. The fraction of sp³-hybridized carbons (Fsp3) is 0.400. The first-order valence-electron chi connectivity index (χ1n) is 11.6. The van der Waals surface area contributed by atoms with E-state index in [9.17, 15) is 0 Å². The number of pyridine rings is 1. The summed E-state index contributed by atoms with van der Waals surface area (Å²) in [4.78, 5) is 13.1. The molecule has 0 unspecified atom stereocenters. The average Bonchev–Trinajstić information content (AvgIpc) is 3.43. The molecule has 0 bridgehead atoms. The maximum atomic E-state index is 6.40. The molecule has 0 radical (unpaired) electrons. The van der Waals surface area contributed by atoms with Gasteiger partial charge in [0.2, 0.25) is 5.95 Å². The van der Waals surface area contributed by atoms with Gasteiger partial charge in [-0.25, -0.2) is 9.97 Å². The second-order valence-electron chi connectivity index (χ2n) is 9.78. The zero-order valence-electron chi connectivity index (χ0n) is 19.1. The molecule has 2 aliphatic rings. The number of fused-ring (bicyclic) bond motifs is 3. The molecule has 1 aromatic carbocycles. The number of anilines is 2. The number of nitrogen functional groups attached to an aromatic ring is 2. The van der Waals surface area contributed by atoms with Crippen molar-refractivity contribution >= 4 is 45.3 Å². The normalized spacial score (nSPS) is 25.9. The van der Waals surface area contributed by atoms with E-state index in [0.717, 1.165) is 41.2 Å². The Bertz CT molecular complexity index is 1400. The van der Waals surface area contributed by atoms with E-state index >= 15 is 0 Å². The van der Waals surface area contributed by atoms with E-state index in [0.29, 0.717) is 16.8 Å². The summed E-state index contributed by atoms with van der Waals surface area (Å²) >= 11 is 6.12. The van der Waals surface area contributed by atoms with Gasteiger partial charge in [0, 0.05) is 23.2 Å². The number of halogens is 1. The van der Waals surface area contributed by atoms with Crippen LogP contribution in [0.25, 0.3) is 21.9 Å². The first-order chi connectivity index (χ1) is 16.3. The molecule has 1 saturated carbocycles. The minimum atomic E-state index is -0.618. The summed E-state index contributed by atoms with van der Waals surface area (Å²) in [6.07, 6.45) is 6.61. The Kier molecular flexibility index (Phi) is 4.95. The summed E-state index contributed by atoms with van der Waals surface area (Å²) in [5, 5.41) is 2.43. The van der Waals surface area contributed by atoms with Crippen molar-refractivity contribution in [1.29, 1.82) is 0 Å². The summed E-state index contributed by atoms with van der Waals surface area (Å²) in [5.41, 5.74) is 14.7. The molecule has 2 fully saturated rings. The first kappa shape index (κ1) is 21.6. The van der Waals surface area contributed by atoms with Gasteiger partial charge in [0.05, 0.1) is 22.7 Å². The number of hydrogen-bond donors (Lipinski definition) is 2. The number of nitrogens with two attached hydrogens (primary N) is 2. The van der Waals surface area contributed by atoms with E-state index in [2.05, 4.69) is 43.9 Å². The highest BCUT2D eigenvalue weighted by Crippen LogP contribution is 2.49. The maximum absolute atomic E-state index is 6.40. The van der Waals surface area contributed by atoms with Crippen molar-refractivity contribution in [2.24, 2.45) is 5.92 Å². The van der Waals surface area contributed by atoms with Gasteiger partial charge in [0.1, 0.15) is 17.6 Å². The molecule has 9 heteroatoms. The minimum Gasteiger partial charge on any atom is -0.382 e. The third-order valence-electron chi connectivity index (χ3n) is 7.05. The molecule has 3 aromatic heterocycles. The zero-order valence-corrected chi connectivity index (χ0v) is 19.9. The molecular formula is C25H27ClN6O2. The lowest BCUT2D eigenvalue weighted by Gasteiger charge is -2.24. The zero-order chi connectivity index (χ0) is 23.6. The fourth-order valence-corrected chi connectivity index (χ4v) is 5.70. The lowest BCUT2D eigenvalue weighted by Crippen LogP contribution is -2.27. The molecule has 4 heterocycles. The quantitative estimate of drug-likeness (QED) is 0.443. The van der Waals surface area contributed by atoms with Crippen LogP contribution in [0.2, 0.25) is 5.02 Å². The molecule has 0 spiro atoms. The fourth-order valence-electron chi connectivity index (χ4n) is 5.54. The van der Waals surface area contributed by atoms with Crippen molar-refractivity contribution in [3.8, 4) is 0 Å². The second-order valence-corrected chi connectivity index (χ2v) is 10.2. The summed E-state index contributed by atoms with van der Waals surface area (Å²) in [6, 6.07) is 10.3. The minimum absolute atomic E-state index is 0.0182. The predicted molar refractivity (Wildman–Crippen MR) is 132 cm³/mol. The van der Waals surface area contributed by atoms with Crippen molar-refractivity contribution in [3.05, 3.63) is 53.3 Å². The van der Waals surface area contributed by atoms with Crippen LogP contribution in [0, 0.1) is 5.92 Å². The molecule has 176 valence electrons. The first-order valence-corrected chi connectivity index (χ1v) is 11.9. The van der Waals surface area contributed by atoms with Crippen molar-refractivity contribution < 1.29 is 9.47 Å². The van der Waals surface area contributed by atoms with E-state index in [1.807, 2.05) is 26.0 Å². The van der Waals surface area contributed by atoms with Gasteiger partial charge in [0.15, 0.2) is 5.79 Å². The molecule has 1 aliphatic carbocycles. The summed E-state index contributed by atoms with van der Waals surface area (Å²) < 4.78 is 15.0. The van der Waals surface area contributed by atoms with Crippen molar-refractivity contribution in [2.75, 3.05) is 11.5 Å². The maximum Gasteiger partial charge on any atom is 0.221 e. The third-order valence-corrected chi connectivity index (χ3v) is 7.35. The van der Waals surface area contributed by atoms with E-state index < -0.39 is 5.79 Å². The van der Waals surface area contributed by atoms with Gasteiger partial charge in [0.25, 0.3) is 0 Å². The highest BCUT2D eigenvalue weighted by atomic mass is 35.5. The standard InChI is InChI=1S/C25H27ClN6O2/c1-25(2)33-20-15(6-4-13-3-5-14-10-17(26)22(27)30-18(14)9-13)11-19(21(20)34-25)32-8-7-16-12-29-24(28)31-23(16)32/h3,5,7-10,12,15,19-21H,4,6,11H2,1-2H3,(H2,27,30)(H2,28,29,31)/t15-,19+,20+,21-/m0/s1. The third kappa shape index (κ3) is 3.66. The van der Waals surface area contributed by atoms with Gasteiger partial charge in [-0.15, -0.1) is 0 Å². The smallest absolute Gasteiger partial charge is 0.221 e. The van der Waals surface area contributed by atoms with Gasteiger partial charge in [-0.05, 0) is 62.8 Å². The Morgan fingerprint density at radius 2 is 1.91 bits per heavy atom. The Balaban J connectivity index is 1.27. The van der Waals surface area contributed by atoms with E-state index in [1.54, 1.807) is 6.20 Å². The molecule has 4 N–H and O–H groups in total. The molecule has 4 aromatic rings. The molecule has 8 nitrogen and oxygen atoms in total. The summed E-state index contributed by atoms with van der Waals surface area (Å²) in [6.45, 7) is 3.97. The van der Waals surface area contributed by atoms with E-state index in [1.165, 1.54) is 5.56 Å². The molecule has 6 rings (SSSR count). The number of nitrogens with zero attached hydrogens (tertiary/aromatic N) is 4. The number of rotatable bonds is 4. The number of ether oxygens (including phenoxy) is 2. The number of benzene rings is 1. The SMILES string of the molecule is CC1(C)O[C@@H]2[C@@H](CCc3ccc4cc(Cl)c(N)nc4c3)C[C@@H](n3ccc4cnc(N)nc43)[C@@H]2O1. The van der Waals surface area contributed by atoms with Gasteiger partial charge >= 0.3 is 0 Å². The van der Waals surface area contributed by atoms with Gasteiger partial charge in [-0.1, -0.05) is 23.7 Å². The van der Waals surface area contributed by atoms with Crippen molar-refractivity contribution in [2.45, 2.75) is 57.1 Å². The highest BCUT2D eigenvalue weighted by molar-refractivity contribution is 6.33. The molecule has 1 aliphatic heterocycles. The van der Waals surface area contributed by atoms with Crippen LogP contribution in [0.15, 0.2) is 42.7 Å². The van der Waals surface area contributed by atoms with Crippen molar-refractivity contribution in [1.82, 2.24) is 19.5 Å². The number of hydrogen-bond acceptors (Lipinski definition) is 7. The van der Waals surface area contributed by atoms with Crippen LogP contribution in [0.5, 0.6) is 0 Å².